The number of hydrogen-bond donors (Lipinski definition) is 4. The number of aromatic amines is 1. The number of H-pyrrole nitrogens is 1. The minimum Gasteiger partial charge on any atom is -0.507 e. The molecule has 0 saturated carbocycles. The summed E-state index contributed by atoms with van der Waals surface area (Å²) in [7, 11) is 0. The monoisotopic (exact) mass is 334 g/mol. The lowest BCUT2D eigenvalue weighted by atomic mass is 10.1. The van der Waals surface area contributed by atoms with E-state index < -0.39 is 5.78 Å². The molecule has 0 aliphatic carbocycles. The second kappa shape index (κ2) is 5.70. The number of aliphatic imine (C=N–C) groups is 1. The number of aliphatic hydroxyl groups is 1. The van der Waals surface area contributed by atoms with Crippen LogP contribution in [0.3, 0.4) is 0 Å². The Morgan fingerprint density at radius 3 is 2.95 bits per heavy atom. The second-order valence-corrected chi connectivity index (χ2v) is 4.85. The zero-order chi connectivity index (χ0) is 14.7. The highest BCUT2D eigenvalue weighted by Crippen LogP contribution is 2.26. The highest BCUT2D eigenvalue weighted by atomic mass is 79.9. The summed E-state index contributed by atoms with van der Waals surface area (Å²) in [6.45, 7) is 0. The van der Waals surface area contributed by atoms with Crippen molar-refractivity contribution in [2.75, 3.05) is 0 Å². The Morgan fingerprint density at radius 1 is 1.50 bits per heavy atom. The third-order valence-corrected chi connectivity index (χ3v) is 3.14. The molecule has 0 fully saturated rings. The van der Waals surface area contributed by atoms with Gasteiger partial charge >= 0.3 is 0 Å². The lowest BCUT2D eigenvalue weighted by molar-refractivity contribution is -0.109. The second-order valence-electron chi connectivity index (χ2n) is 3.93. The molecule has 20 heavy (non-hydrogen) atoms. The molecule has 0 amide bonds. The molecule has 0 bridgehead atoms. The summed E-state index contributed by atoms with van der Waals surface area (Å²) in [6.07, 6.45) is 3.24. The van der Waals surface area contributed by atoms with E-state index in [0.29, 0.717) is 11.9 Å². The number of rotatable bonds is 4. The normalized spacial score (nSPS) is 12.7. The van der Waals surface area contributed by atoms with Crippen molar-refractivity contribution in [2.24, 2.45) is 10.7 Å². The van der Waals surface area contributed by atoms with Crippen LogP contribution < -0.4 is 5.73 Å². The molecule has 0 atom stereocenters. The molecule has 2 aromatic rings. The maximum atomic E-state index is 11.6. The van der Waals surface area contributed by atoms with Gasteiger partial charge in [0.05, 0.1) is 0 Å². The fourth-order valence-corrected chi connectivity index (χ4v) is 2.07. The Bertz CT molecular complexity index is 746. The van der Waals surface area contributed by atoms with E-state index in [4.69, 9.17) is 11.1 Å². The molecule has 0 spiro atoms. The van der Waals surface area contributed by atoms with Gasteiger partial charge in [-0.15, -0.1) is 0 Å². The lowest BCUT2D eigenvalue weighted by Crippen LogP contribution is -2.22. The van der Waals surface area contributed by atoms with Gasteiger partial charge in [0, 0.05) is 33.2 Å². The summed E-state index contributed by atoms with van der Waals surface area (Å²) in [5, 5.41) is 17.5. The number of hydrogen-bond acceptors (Lipinski definition) is 3. The molecule has 0 saturated heterocycles. The fraction of sp³-hybridized carbons (Fsp3) is 0. The van der Waals surface area contributed by atoms with E-state index in [1.807, 2.05) is 18.2 Å². The van der Waals surface area contributed by atoms with Crippen LogP contribution >= 0.6 is 15.9 Å². The number of ketones is 1. The summed E-state index contributed by atoms with van der Waals surface area (Å²) >= 11 is 3.35. The number of nitrogens with two attached hydrogens (primary N) is 1. The largest absolute Gasteiger partial charge is 0.507 e. The quantitative estimate of drug-likeness (QED) is 0.297. The van der Waals surface area contributed by atoms with Crippen LogP contribution in [-0.2, 0) is 4.79 Å². The molecular formula is C13H11BrN4O2. The van der Waals surface area contributed by atoms with Crippen molar-refractivity contribution in [3.63, 3.8) is 0 Å². The molecule has 7 heteroatoms. The van der Waals surface area contributed by atoms with Crippen LogP contribution in [0.5, 0.6) is 0 Å². The van der Waals surface area contributed by atoms with Gasteiger partial charge in [-0.1, -0.05) is 15.9 Å². The summed E-state index contributed by atoms with van der Waals surface area (Å²) in [5.74, 6) is -1.23. The Hall–Kier alpha value is -2.41. The van der Waals surface area contributed by atoms with Crippen molar-refractivity contribution >= 4 is 50.5 Å². The molecule has 1 aromatic heterocycles. The van der Waals surface area contributed by atoms with Crippen molar-refractivity contribution in [1.29, 1.82) is 5.41 Å². The molecule has 1 heterocycles. The third kappa shape index (κ3) is 2.77. The van der Waals surface area contributed by atoms with Crippen LogP contribution in [-0.4, -0.2) is 28.0 Å². The Labute approximate surface area is 122 Å². The first-order valence-corrected chi connectivity index (χ1v) is 6.36. The van der Waals surface area contributed by atoms with Gasteiger partial charge in [-0.2, -0.15) is 0 Å². The first kappa shape index (κ1) is 14.0. The highest BCUT2D eigenvalue weighted by Gasteiger charge is 2.11. The number of aromatic nitrogens is 1. The Kier molecular flexibility index (Phi) is 3.99. The third-order valence-electron chi connectivity index (χ3n) is 2.64. The molecule has 0 aliphatic rings. The van der Waals surface area contributed by atoms with Crippen molar-refractivity contribution in [3.05, 3.63) is 40.5 Å². The average molecular weight is 335 g/mol. The minimum absolute atomic E-state index is 0.220. The molecule has 0 unspecified atom stereocenters. The Morgan fingerprint density at radius 2 is 2.25 bits per heavy atom. The van der Waals surface area contributed by atoms with E-state index >= 15 is 0 Å². The molecule has 0 aliphatic heterocycles. The number of nitrogens with zero attached hydrogens (tertiary/aromatic N) is 1. The zero-order valence-corrected chi connectivity index (χ0v) is 11.8. The minimum atomic E-state index is -0.657. The van der Waals surface area contributed by atoms with Crippen LogP contribution in [0.4, 0.5) is 0 Å². The molecule has 2 rings (SSSR count). The highest BCUT2D eigenvalue weighted by molar-refractivity contribution is 9.10. The van der Waals surface area contributed by atoms with Gasteiger partial charge < -0.3 is 15.8 Å². The summed E-state index contributed by atoms with van der Waals surface area (Å²) in [5.41, 5.74) is 6.66. The van der Waals surface area contributed by atoms with E-state index in [2.05, 4.69) is 25.9 Å². The van der Waals surface area contributed by atoms with E-state index in [-0.39, 0.29) is 11.6 Å². The van der Waals surface area contributed by atoms with E-state index in [9.17, 15) is 9.90 Å². The first-order chi connectivity index (χ1) is 9.52. The Balaban J connectivity index is 2.43. The summed E-state index contributed by atoms with van der Waals surface area (Å²) < 4.78 is 0.856. The van der Waals surface area contributed by atoms with Gasteiger partial charge in [0.1, 0.15) is 12.1 Å². The number of nitrogens with one attached hydrogen (secondary N) is 2. The van der Waals surface area contributed by atoms with E-state index in [1.165, 1.54) is 0 Å². The predicted octanol–water partition coefficient (Wildman–Crippen LogP) is 2.36. The number of carbonyl (C=O) groups is 1. The molecule has 0 radical (unpaired) electrons. The molecular weight excluding hydrogens is 324 g/mol. The topological polar surface area (TPSA) is 115 Å². The SMILES string of the molecule is N=CN=C(N)C(=O)C=C(O)c1c[nH]c2ccc(Br)cc12. The van der Waals surface area contributed by atoms with Crippen LogP contribution in [0, 0.1) is 5.41 Å². The van der Waals surface area contributed by atoms with Gasteiger partial charge in [-0.25, -0.2) is 4.99 Å². The first-order valence-electron chi connectivity index (χ1n) is 5.57. The summed E-state index contributed by atoms with van der Waals surface area (Å²) in [6, 6.07) is 5.54. The van der Waals surface area contributed by atoms with E-state index in [0.717, 1.165) is 21.5 Å². The average Bonchev–Trinajstić information content (AvgIpc) is 2.81. The smallest absolute Gasteiger partial charge is 0.224 e. The number of aliphatic hydroxyl groups excluding tert-OH is 1. The number of carbonyl (C=O) groups excluding carboxylic acids is 1. The zero-order valence-electron chi connectivity index (χ0n) is 10.2. The maximum Gasteiger partial charge on any atom is 0.224 e. The van der Waals surface area contributed by atoms with Crippen LogP contribution in [0.25, 0.3) is 16.7 Å². The number of amidine groups is 1. The van der Waals surface area contributed by atoms with Gasteiger partial charge in [-0.05, 0) is 18.2 Å². The van der Waals surface area contributed by atoms with Crippen LogP contribution in [0.15, 0.2) is 39.9 Å². The van der Waals surface area contributed by atoms with Crippen molar-refractivity contribution in [1.82, 2.24) is 4.98 Å². The lowest BCUT2D eigenvalue weighted by Gasteiger charge is -1.99. The maximum absolute atomic E-state index is 11.6. The van der Waals surface area contributed by atoms with Gasteiger partial charge in [0.2, 0.25) is 5.78 Å². The van der Waals surface area contributed by atoms with Crippen molar-refractivity contribution in [2.45, 2.75) is 0 Å². The number of halogens is 1. The van der Waals surface area contributed by atoms with Gasteiger partial charge in [0.15, 0.2) is 5.84 Å². The molecule has 102 valence electrons. The van der Waals surface area contributed by atoms with Crippen molar-refractivity contribution in [3.8, 4) is 0 Å². The fourth-order valence-electron chi connectivity index (χ4n) is 1.71. The van der Waals surface area contributed by atoms with Crippen molar-refractivity contribution < 1.29 is 9.90 Å². The van der Waals surface area contributed by atoms with Gasteiger partial charge in [-0.3, -0.25) is 10.2 Å². The van der Waals surface area contributed by atoms with Crippen LogP contribution in [0.2, 0.25) is 0 Å². The number of fused-ring (bicyclic) bond motifs is 1. The molecule has 1 aromatic carbocycles. The standard InChI is InChI=1S/C13H11BrN4O2/c14-7-1-2-10-8(3-7)9(5-17-10)11(19)4-12(20)13(16)18-6-15/h1-6,17,19H,(H3,15,16,18). The van der Waals surface area contributed by atoms with Gasteiger partial charge in [0.25, 0.3) is 0 Å². The van der Waals surface area contributed by atoms with Crippen LogP contribution in [0.1, 0.15) is 5.56 Å². The predicted molar refractivity (Wildman–Crippen MR) is 82.0 cm³/mol. The molecule has 5 N–H and O–H groups in total. The summed E-state index contributed by atoms with van der Waals surface area (Å²) in [4.78, 5) is 18.0. The van der Waals surface area contributed by atoms with E-state index in [1.54, 1.807) is 6.20 Å². The number of benzene rings is 1. The molecule has 6 nitrogen and oxygen atoms in total.